The van der Waals surface area contributed by atoms with E-state index in [9.17, 15) is 27.9 Å². The van der Waals surface area contributed by atoms with Gasteiger partial charge >= 0.3 is 12.1 Å². The molecule has 2 aromatic rings. The quantitative estimate of drug-likeness (QED) is 0.406. The number of ether oxygens (including phenoxy) is 1. The van der Waals surface area contributed by atoms with Crippen molar-refractivity contribution in [3.05, 3.63) is 51.9 Å². The van der Waals surface area contributed by atoms with E-state index in [1.54, 1.807) is 0 Å². The van der Waals surface area contributed by atoms with Crippen LogP contribution in [0.3, 0.4) is 0 Å². The Morgan fingerprint density at radius 3 is 2.78 bits per heavy atom. The van der Waals surface area contributed by atoms with E-state index in [4.69, 9.17) is 21.3 Å². The van der Waals surface area contributed by atoms with Gasteiger partial charge in [0.25, 0.3) is 5.91 Å². The van der Waals surface area contributed by atoms with Crippen LogP contribution in [0.2, 0.25) is 5.02 Å². The van der Waals surface area contributed by atoms with Crippen molar-refractivity contribution in [3.8, 4) is 0 Å². The molecule has 1 aliphatic heterocycles. The number of alkyl halides is 3. The molecule has 8 nitrogen and oxygen atoms in total. The lowest BCUT2D eigenvalue weighted by molar-refractivity contribution is -0.140. The summed E-state index contributed by atoms with van der Waals surface area (Å²) in [7, 11) is 0. The standard InChI is InChI=1S/C25H28ClF3N4O4/c26-19-13-30-12-18(25(27,28)29)21(19)23(34)33-20(24(35)36)7-9-37-17-10-14(11-17)3-5-16-6-4-15-2-1-8-31-22(15)32-16/h4,6,12-14,17,20H,1-3,5,7-11H2,(H,31,32)(H,33,34)(H,35,36)/t14?,17?,20-/m0/s1. The zero-order chi connectivity index (χ0) is 26.6. The number of carboxylic acids is 1. The first-order valence-electron chi connectivity index (χ1n) is 12.2. The number of nitrogens with zero attached hydrogens (tertiary/aromatic N) is 2. The van der Waals surface area contributed by atoms with E-state index in [0.717, 1.165) is 62.8 Å². The highest BCUT2D eigenvalue weighted by molar-refractivity contribution is 6.34. The molecule has 0 saturated heterocycles. The maximum atomic E-state index is 13.3. The lowest BCUT2D eigenvalue weighted by Gasteiger charge is -2.35. The molecular weight excluding hydrogens is 513 g/mol. The van der Waals surface area contributed by atoms with Crippen molar-refractivity contribution >= 4 is 29.3 Å². The molecule has 0 spiro atoms. The Balaban J connectivity index is 1.21. The van der Waals surface area contributed by atoms with Crippen molar-refractivity contribution in [2.45, 2.75) is 63.3 Å². The van der Waals surface area contributed by atoms with E-state index in [1.807, 2.05) is 0 Å². The molecule has 0 aromatic carbocycles. The second-order valence-electron chi connectivity index (χ2n) is 9.40. The van der Waals surface area contributed by atoms with E-state index in [1.165, 1.54) is 5.56 Å². The van der Waals surface area contributed by atoms with Crippen molar-refractivity contribution < 1.29 is 32.6 Å². The van der Waals surface area contributed by atoms with Crippen molar-refractivity contribution in [3.63, 3.8) is 0 Å². The first-order chi connectivity index (χ1) is 17.6. The molecule has 1 atom stereocenters. The van der Waals surface area contributed by atoms with Gasteiger partial charge in [-0.3, -0.25) is 9.78 Å². The third kappa shape index (κ3) is 6.89. The van der Waals surface area contributed by atoms with Crippen molar-refractivity contribution in [1.82, 2.24) is 15.3 Å². The Bertz CT molecular complexity index is 1140. The van der Waals surface area contributed by atoms with E-state index in [2.05, 4.69) is 27.8 Å². The number of fused-ring (bicyclic) bond motifs is 1. The molecule has 1 amide bonds. The number of carbonyl (C=O) groups excluding carboxylic acids is 1. The molecule has 0 unspecified atom stereocenters. The molecular formula is C25H28ClF3N4O4. The Hall–Kier alpha value is -2.92. The fraction of sp³-hybridized carbons (Fsp3) is 0.520. The van der Waals surface area contributed by atoms with Gasteiger partial charge in [0.1, 0.15) is 11.9 Å². The Kier molecular flexibility index (Phi) is 8.53. The SMILES string of the molecule is O=C(N[C@@H](CCOC1CC(CCc2ccc3c(n2)NCCC3)C1)C(=O)O)c1c(Cl)cncc1C(F)(F)F. The number of nitrogens with one attached hydrogen (secondary N) is 2. The summed E-state index contributed by atoms with van der Waals surface area (Å²) in [6, 6.07) is 2.79. The van der Waals surface area contributed by atoms with Gasteiger partial charge in [0.05, 0.1) is 22.3 Å². The zero-order valence-corrected chi connectivity index (χ0v) is 20.7. The van der Waals surface area contributed by atoms with Crippen LogP contribution in [-0.2, 0) is 28.5 Å². The first kappa shape index (κ1) is 27.1. The maximum absolute atomic E-state index is 13.3. The minimum Gasteiger partial charge on any atom is -0.480 e. The Morgan fingerprint density at radius 1 is 1.27 bits per heavy atom. The number of carbonyl (C=O) groups is 2. The van der Waals surface area contributed by atoms with Crippen LogP contribution in [0.4, 0.5) is 19.0 Å². The number of carboxylic acid groups (broad SMARTS) is 1. The second-order valence-corrected chi connectivity index (χ2v) is 9.81. The Labute approximate surface area is 217 Å². The number of aromatic nitrogens is 2. The molecule has 0 radical (unpaired) electrons. The molecule has 1 aliphatic carbocycles. The van der Waals surface area contributed by atoms with Gasteiger partial charge in [-0.05, 0) is 56.1 Å². The number of anilines is 1. The number of hydrogen-bond acceptors (Lipinski definition) is 6. The summed E-state index contributed by atoms with van der Waals surface area (Å²) < 4.78 is 45.5. The summed E-state index contributed by atoms with van der Waals surface area (Å²) in [4.78, 5) is 32.2. The van der Waals surface area contributed by atoms with Crippen LogP contribution in [0.1, 0.15) is 59.3 Å². The van der Waals surface area contributed by atoms with Crippen LogP contribution < -0.4 is 10.6 Å². The summed E-state index contributed by atoms with van der Waals surface area (Å²) in [6.07, 6.45) is 2.10. The van der Waals surface area contributed by atoms with E-state index < -0.39 is 40.2 Å². The summed E-state index contributed by atoms with van der Waals surface area (Å²) in [5.74, 6) is -1.14. The van der Waals surface area contributed by atoms with Crippen LogP contribution in [-0.4, -0.2) is 52.2 Å². The van der Waals surface area contributed by atoms with Crippen LogP contribution in [0, 0.1) is 5.92 Å². The number of halogens is 4. The lowest BCUT2D eigenvalue weighted by Crippen LogP contribution is -2.43. The molecule has 1 saturated carbocycles. The molecule has 0 bridgehead atoms. The fourth-order valence-electron chi connectivity index (χ4n) is 4.63. The van der Waals surface area contributed by atoms with Gasteiger partial charge in [0, 0.05) is 37.7 Å². The van der Waals surface area contributed by atoms with Gasteiger partial charge in [-0.15, -0.1) is 0 Å². The predicted molar refractivity (Wildman–Crippen MR) is 130 cm³/mol. The van der Waals surface area contributed by atoms with Gasteiger partial charge in [0.2, 0.25) is 0 Å². The number of pyridine rings is 2. The number of aliphatic carboxylic acids is 1. The third-order valence-electron chi connectivity index (χ3n) is 6.75. The number of rotatable bonds is 10. The minimum atomic E-state index is -4.87. The molecule has 2 aromatic heterocycles. The van der Waals surface area contributed by atoms with Crippen molar-refractivity contribution in [2.24, 2.45) is 5.92 Å². The number of aryl methyl sites for hydroxylation is 2. The minimum absolute atomic E-state index is 0.0141. The summed E-state index contributed by atoms with van der Waals surface area (Å²) in [5, 5.41) is 14.4. The molecule has 1 fully saturated rings. The second kappa shape index (κ2) is 11.6. The molecule has 37 heavy (non-hydrogen) atoms. The highest BCUT2D eigenvalue weighted by Crippen LogP contribution is 2.35. The zero-order valence-electron chi connectivity index (χ0n) is 20.0. The van der Waals surface area contributed by atoms with Gasteiger partial charge in [-0.25, -0.2) is 9.78 Å². The van der Waals surface area contributed by atoms with Crippen molar-refractivity contribution in [2.75, 3.05) is 18.5 Å². The molecule has 12 heteroatoms. The molecule has 4 rings (SSSR count). The largest absolute Gasteiger partial charge is 0.480 e. The van der Waals surface area contributed by atoms with E-state index in [-0.39, 0.29) is 19.1 Å². The van der Waals surface area contributed by atoms with Crippen LogP contribution in [0.5, 0.6) is 0 Å². The molecule has 2 aliphatic rings. The van der Waals surface area contributed by atoms with Crippen LogP contribution in [0.25, 0.3) is 0 Å². The lowest BCUT2D eigenvalue weighted by atomic mass is 9.79. The molecule has 3 N–H and O–H groups in total. The average Bonchev–Trinajstić information content (AvgIpc) is 2.83. The fourth-order valence-corrected chi connectivity index (χ4v) is 4.87. The van der Waals surface area contributed by atoms with Gasteiger partial charge in [0.15, 0.2) is 0 Å². The van der Waals surface area contributed by atoms with Gasteiger partial charge in [-0.1, -0.05) is 17.7 Å². The first-order valence-corrected chi connectivity index (χ1v) is 12.6. The van der Waals surface area contributed by atoms with Gasteiger partial charge < -0.3 is 20.5 Å². The van der Waals surface area contributed by atoms with Crippen LogP contribution in [0.15, 0.2) is 24.5 Å². The summed E-state index contributed by atoms with van der Waals surface area (Å²) >= 11 is 5.77. The topological polar surface area (TPSA) is 113 Å². The monoisotopic (exact) mass is 540 g/mol. The van der Waals surface area contributed by atoms with Gasteiger partial charge in [-0.2, -0.15) is 13.2 Å². The highest BCUT2D eigenvalue weighted by atomic mass is 35.5. The van der Waals surface area contributed by atoms with Crippen molar-refractivity contribution in [1.29, 1.82) is 0 Å². The average molecular weight is 541 g/mol. The molecule has 3 heterocycles. The third-order valence-corrected chi connectivity index (χ3v) is 7.04. The highest BCUT2D eigenvalue weighted by Gasteiger charge is 2.38. The maximum Gasteiger partial charge on any atom is 0.418 e. The number of hydrogen-bond donors (Lipinski definition) is 3. The summed E-state index contributed by atoms with van der Waals surface area (Å²) in [6.45, 7) is 0.993. The van der Waals surface area contributed by atoms with E-state index >= 15 is 0 Å². The molecule has 200 valence electrons. The summed E-state index contributed by atoms with van der Waals surface area (Å²) in [5.41, 5.74) is 0.121. The van der Waals surface area contributed by atoms with E-state index in [0.29, 0.717) is 12.1 Å². The Morgan fingerprint density at radius 2 is 2.05 bits per heavy atom. The smallest absolute Gasteiger partial charge is 0.418 e. The predicted octanol–water partition coefficient (Wildman–Crippen LogP) is 4.51. The van der Waals surface area contributed by atoms with Crippen LogP contribution >= 0.6 is 11.6 Å². The number of amides is 1. The normalized spacial score (nSPS) is 19.8.